The van der Waals surface area contributed by atoms with Crippen LogP contribution in [0.5, 0.6) is 0 Å². The molecule has 0 atom stereocenters. The van der Waals surface area contributed by atoms with E-state index in [1.807, 2.05) is 4.90 Å². The van der Waals surface area contributed by atoms with E-state index in [-0.39, 0.29) is 5.91 Å². The number of piperidine rings is 1. The molecule has 26 heavy (non-hydrogen) atoms. The third-order valence-electron chi connectivity index (χ3n) is 5.29. The van der Waals surface area contributed by atoms with Crippen LogP contribution in [0.3, 0.4) is 0 Å². The molecule has 0 bridgehead atoms. The van der Waals surface area contributed by atoms with E-state index in [9.17, 15) is 4.79 Å². The summed E-state index contributed by atoms with van der Waals surface area (Å²) < 4.78 is 0.801. The molecule has 5 nitrogen and oxygen atoms in total. The number of H-pyrrole nitrogens is 2. The second kappa shape index (κ2) is 6.91. The van der Waals surface area contributed by atoms with E-state index in [1.54, 1.807) is 0 Å². The van der Waals surface area contributed by atoms with Crippen LogP contribution in [0.25, 0.3) is 10.9 Å². The van der Waals surface area contributed by atoms with Crippen LogP contribution in [0, 0.1) is 0 Å². The van der Waals surface area contributed by atoms with Crippen LogP contribution in [0.15, 0.2) is 34.8 Å². The number of carbonyl (C=O) groups excluding carboxylic acids is 1. The maximum Gasteiger partial charge on any atom is 0.275 e. The number of rotatable bonds is 3. The molecule has 1 fully saturated rings. The summed E-state index contributed by atoms with van der Waals surface area (Å²) in [5.41, 5.74) is 3.93. The summed E-state index contributed by atoms with van der Waals surface area (Å²) in [4.78, 5) is 18.3. The number of likely N-dealkylation sites (tertiary alicyclic amines) is 1. The van der Waals surface area contributed by atoms with Crippen molar-refractivity contribution in [2.45, 2.75) is 38.5 Å². The van der Waals surface area contributed by atoms with Gasteiger partial charge in [-0.2, -0.15) is 5.10 Å². The molecule has 136 valence electrons. The number of hydrogen-bond acceptors (Lipinski definition) is 2. The van der Waals surface area contributed by atoms with Gasteiger partial charge in [-0.05, 0) is 52.2 Å². The first kappa shape index (κ1) is 17.3. The summed E-state index contributed by atoms with van der Waals surface area (Å²) >= 11 is 3.54. The summed E-state index contributed by atoms with van der Waals surface area (Å²) in [7, 11) is 0. The topological polar surface area (TPSA) is 64.8 Å². The van der Waals surface area contributed by atoms with Crippen molar-refractivity contribution >= 4 is 32.7 Å². The average molecular weight is 415 g/mol. The minimum atomic E-state index is 0.00937. The molecule has 3 aromatic rings. The molecule has 0 aliphatic carbocycles. The first-order chi connectivity index (χ1) is 12.5. The zero-order valence-corrected chi connectivity index (χ0v) is 16.6. The van der Waals surface area contributed by atoms with Crippen molar-refractivity contribution < 1.29 is 4.79 Å². The number of hydrogen-bond donors (Lipinski definition) is 2. The normalized spacial score (nSPS) is 15.9. The van der Waals surface area contributed by atoms with Crippen molar-refractivity contribution in [3.8, 4) is 0 Å². The summed E-state index contributed by atoms with van der Waals surface area (Å²) in [6.07, 6.45) is 1.94. The highest BCUT2D eigenvalue weighted by atomic mass is 79.9. The number of amides is 1. The Morgan fingerprint density at radius 1 is 1.27 bits per heavy atom. The Kier molecular flexibility index (Phi) is 4.61. The van der Waals surface area contributed by atoms with Crippen molar-refractivity contribution in [1.82, 2.24) is 20.1 Å². The fourth-order valence-electron chi connectivity index (χ4n) is 3.73. The molecular weight excluding hydrogens is 392 g/mol. The van der Waals surface area contributed by atoms with Crippen LogP contribution in [0.4, 0.5) is 0 Å². The Labute approximate surface area is 161 Å². The Bertz CT molecular complexity index is 901. The van der Waals surface area contributed by atoms with Gasteiger partial charge < -0.3 is 9.88 Å². The van der Waals surface area contributed by atoms with Gasteiger partial charge in [0.05, 0.1) is 10.2 Å². The van der Waals surface area contributed by atoms with Crippen LogP contribution in [0.2, 0.25) is 0 Å². The van der Waals surface area contributed by atoms with Gasteiger partial charge in [0.1, 0.15) is 0 Å². The summed E-state index contributed by atoms with van der Waals surface area (Å²) in [5, 5.41) is 8.49. The second-order valence-corrected chi connectivity index (χ2v) is 8.13. The van der Waals surface area contributed by atoms with E-state index in [1.165, 1.54) is 16.6 Å². The van der Waals surface area contributed by atoms with Crippen LogP contribution in [-0.4, -0.2) is 39.1 Å². The van der Waals surface area contributed by atoms with Gasteiger partial charge in [-0.1, -0.05) is 32.0 Å². The van der Waals surface area contributed by atoms with Crippen LogP contribution < -0.4 is 0 Å². The number of nitrogens with zero attached hydrogens (tertiary/aromatic N) is 2. The average Bonchev–Trinajstić information content (AvgIpc) is 3.24. The molecule has 0 saturated carbocycles. The lowest BCUT2D eigenvalue weighted by Gasteiger charge is -2.31. The number of benzene rings is 1. The van der Waals surface area contributed by atoms with Gasteiger partial charge in [-0.3, -0.25) is 9.89 Å². The lowest BCUT2D eigenvalue weighted by atomic mass is 9.93. The number of fused-ring (bicyclic) bond motifs is 1. The summed E-state index contributed by atoms with van der Waals surface area (Å²) in [5.74, 6) is 0.779. The van der Waals surface area contributed by atoms with Gasteiger partial charge >= 0.3 is 0 Å². The van der Waals surface area contributed by atoms with Crippen LogP contribution in [-0.2, 0) is 0 Å². The molecule has 0 unspecified atom stereocenters. The molecule has 1 aliphatic rings. The molecule has 3 heterocycles. The van der Waals surface area contributed by atoms with Crippen LogP contribution in [0.1, 0.15) is 60.4 Å². The fourth-order valence-corrected chi connectivity index (χ4v) is 4.53. The second-order valence-electron chi connectivity index (χ2n) is 7.33. The molecule has 1 aromatic carbocycles. The lowest BCUT2D eigenvalue weighted by molar-refractivity contribution is 0.0705. The number of aromatic amines is 2. The summed E-state index contributed by atoms with van der Waals surface area (Å²) in [6.45, 7) is 5.68. The molecule has 1 saturated heterocycles. The van der Waals surface area contributed by atoms with Crippen molar-refractivity contribution in [2.24, 2.45) is 0 Å². The minimum absolute atomic E-state index is 0.00937. The minimum Gasteiger partial charge on any atom is -0.358 e. The Hall–Kier alpha value is -2.08. The quantitative estimate of drug-likeness (QED) is 0.646. The maximum atomic E-state index is 12.8. The lowest BCUT2D eigenvalue weighted by Crippen LogP contribution is -2.38. The Morgan fingerprint density at radius 2 is 2.00 bits per heavy atom. The fraction of sp³-hybridized carbons (Fsp3) is 0.400. The first-order valence-electron chi connectivity index (χ1n) is 9.15. The SMILES string of the molecule is CC(C)c1[nH]nc(C(=O)N2CCC(c3cc4ccccc4[nH]3)CC2)c1Br. The third kappa shape index (κ3) is 3.07. The van der Waals surface area contributed by atoms with E-state index in [4.69, 9.17) is 0 Å². The number of nitrogens with one attached hydrogen (secondary N) is 2. The van der Waals surface area contributed by atoms with E-state index < -0.39 is 0 Å². The molecule has 1 aliphatic heterocycles. The van der Waals surface area contributed by atoms with Crippen molar-refractivity contribution in [2.75, 3.05) is 13.1 Å². The van der Waals surface area contributed by atoms with Gasteiger partial charge in [-0.15, -0.1) is 0 Å². The van der Waals surface area contributed by atoms with Gasteiger partial charge in [0.15, 0.2) is 5.69 Å². The molecule has 0 radical (unpaired) electrons. The predicted octanol–water partition coefficient (Wildman–Crippen LogP) is 4.80. The van der Waals surface area contributed by atoms with Gasteiger partial charge in [-0.25, -0.2) is 0 Å². The Balaban J connectivity index is 1.45. The molecule has 4 rings (SSSR count). The molecule has 2 aromatic heterocycles. The van der Waals surface area contributed by atoms with Gasteiger partial charge in [0.2, 0.25) is 0 Å². The number of aromatic nitrogens is 3. The zero-order chi connectivity index (χ0) is 18.3. The van der Waals surface area contributed by atoms with E-state index >= 15 is 0 Å². The standard InChI is InChI=1S/C20H23BrN4O/c1-12(2)18-17(21)19(24-23-18)20(26)25-9-7-13(8-10-25)16-11-14-5-3-4-6-15(14)22-16/h3-6,11-13,22H,7-10H2,1-2H3,(H,23,24). The molecule has 2 N–H and O–H groups in total. The smallest absolute Gasteiger partial charge is 0.275 e. The number of carbonyl (C=O) groups is 1. The van der Waals surface area contributed by atoms with E-state index in [0.717, 1.165) is 36.1 Å². The Morgan fingerprint density at radius 3 is 2.65 bits per heavy atom. The van der Waals surface area contributed by atoms with Crippen molar-refractivity contribution in [1.29, 1.82) is 0 Å². The maximum absolute atomic E-state index is 12.8. The molecule has 1 amide bonds. The van der Waals surface area contributed by atoms with Crippen molar-refractivity contribution in [3.05, 3.63) is 51.9 Å². The van der Waals surface area contributed by atoms with E-state index in [2.05, 4.69) is 75.3 Å². The molecular formula is C20H23BrN4O. The highest BCUT2D eigenvalue weighted by molar-refractivity contribution is 9.10. The van der Waals surface area contributed by atoms with E-state index in [0.29, 0.717) is 17.5 Å². The highest BCUT2D eigenvalue weighted by Gasteiger charge is 2.28. The van der Waals surface area contributed by atoms with Crippen LogP contribution >= 0.6 is 15.9 Å². The van der Waals surface area contributed by atoms with Gasteiger partial charge in [0.25, 0.3) is 5.91 Å². The van der Waals surface area contributed by atoms with Gasteiger partial charge in [0, 0.05) is 30.2 Å². The molecule has 6 heteroatoms. The number of halogens is 1. The third-order valence-corrected chi connectivity index (χ3v) is 6.09. The summed E-state index contributed by atoms with van der Waals surface area (Å²) in [6, 6.07) is 10.6. The highest BCUT2D eigenvalue weighted by Crippen LogP contribution is 2.32. The monoisotopic (exact) mass is 414 g/mol. The predicted molar refractivity (Wildman–Crippen MR) is 107 cm³/mol. The first-order valence-corrected chi connectivity index (χ1v) is 9.94. The molecule has 0 spiro atoms. The van der Waals surface area contributed by atoms with Crippen molar-refractivity contribution in [3.63, 3.8) is 0 Å². The number of para-hydroxylation sites is 1. The largest absolute Gasteiger partial charge is 0.358 e. The zero-order valence-electron chi connectivity index (χ0n) is 15.1.